The molecule has 7 heteroatoms. The Morgan fingerprint density at radius 2 is 1.92 bits per heavy atom. The second-order valence-corrected chi connectivity index (χ2v) is 5.47. The van der Waals surface area contributed by atoms with Crippen molar-refractivity contribution in [1.82, 2.24) is 0 Å². The van der Waals surface area contributed by atoms with Crippen LogP contribution in [0.3, 0.4) is 0 Å². The quantitative estimate of drug-likeness (QED) is 0.462. The minimum Gasteiger partial charge on any atom is -0.493 e. The van der Waals surface area contributed by atoms with Crippen molar-refractivity contribution in [3.8, 4) is 17.2 Å². The Balaban J connectivity index is 2.16. The van der Waals surface area contributed by atoms with Crippen molar-refractivity contribution < 1.29 is 27.8 Å². The predicted molar refractivity (Wildman–Crippen MR) is 95.6 cm³/mol. The first-order chi connectivity index (χ1) is 12.4. The van der Waals surface area contributed by atoms with Gasteiger partial charge in [0.05, 0.1) is 18.7 Å². The minimum absolute atomic E-state index is 0.0106. The summed E-state index contributed by atoms with van der Waals surface area (Å²) in [5, 5.41) is 0.367. The number of ether oxygens (including phenoxy) is 3. The Hall–Kier alpha value is -2.60. The number of alkyl halides is 2. The van der Waals surface area contributed by atoms with Crippen LogP contribution in [0.2, 0.25) is 5.02 Å². The highest BCUT2D eigenvalue weighted by atomic mass is 35.5. The lowest BCUT2D eigenvalue weighted by atomic mass is 10.1. The molecule has 4 nitrogen and oxygen atoms in total. The molecule has 0 spiro atoms. The lowest BCUT2D eigenvalue weighted by molar-refractivity contribution is -0.0498. The fraction of sp³-hybridized carbons (Fsp3) is 0.211. The van der Waals surface area contributed by atoms with Gasteiger partial charge >= 0.3 is 6.61 Å². The van der Waals surface area contributed by atoms with Crippen molar-refractivity contribution in [3.63, 3.8) is 0 Å². The van der Waals surface area contributed by atoms with Gasteiger partial charge in [0.2, 0.25) is 0 Å². The number of hydrogen-bond donors (Lipinski definition) is 0. The average molecular weight is 383 g/mol. The van der Waals surface area contributed by atoms with Crippen molar-refractivity contribution in [2.24, 2.45) is 0 Å². The zero-order chi connectivity index (χ0) is 19.1. The summed E-state index contributed by atoms with van der Waals surface area (Å²) in [7, 11) is 1.50. The van der Waals surface area contributed by atoms with Crippen LogP contribution in [0.5, 0.6) is 17.2 Å². The molecule has 0 aromatic heterocycles. The van der Waals surface area contributed by atoms with Crippen molar-refractivity contribution >= 4 is 23.5 Å². The van der Waals surface area contributed by atoms with Crippen LogP contribution < -0.4 is 14.2 Å². The first kappa shape index (κ1) is 19.7. The lowest BCUT2D eigenvalue weighted by Crippen LogP contribution is -2.02. The van der Waals surface area contributed by atoms with Gasteiger partial charge in [-0.25, -0.2) is 0 Å². The molecule has 0 aliphatic rings. The maximum absolute atomic E-state index is 12.2. The Kier molecular flexibility index (Phi) is 6.97. The van der Waals surface area contributed by atoms with Crippen LogP contribution in [0.1, 0.15) is 22.8 Å². The normalized spacial score (nSPS) is 11.0. The minimum atomic E-state index is -2.91. The zero-order valence-corrected chi connectivity index (χ0v) is 14.9. The van der Waals surface area contributed by atoms with Crippen molar-refractivity contribution in [1.29, 1.82) is 0 Å². The molecular formula is C19H17ClF2O4. The summed E-state index contributed by atoms with van der Waals surface area (Å²) in [5.41, 5.74) is 0.994. The number of ketones is 1. The third kappa shape index (κ3) is 5.20. The summed E-state index contributed by atoms with van der Waals surface area (Å²) in [4.78, 5) is 12.2. The average Bonchev–Trinajstić information content (AvgIpc) is 2.61. The van der Waals surface area contributed by atoms with Gasteiger partial charge in [-0.1, -0.05) is 17.7 Å². The van der Waals surface area contributed by atoms with Gasteiger partial charge in [0.25, 0.3) is 0 Å². The van der Waals surface area contributed by atoms with Gasteiger partial charge < -0.3 is 14.2 Å². The molecule has 2 aromatic rings. The van der Waals surface area contributed by atoms with E-state index in [1.165, 1.54) is 37.5 Å². The maximum Gasteiger partial charge on any atom is 0.387 e. The highest BCUT2D eigenvalue weighted by molar-refractivity contribution is 6.32. The molecule has 0 fully saturated rings. The fourth-order valence-electron chi connectivity index (χ4n) is 2.19. The Morgan fingerprint density at radius 1 is 1.23 bits per heavy atom. The standard InChI is InChI=1S/C19H17ClF2O4/c1-3-25-18-15(20)10-12(11-17(18)24-2)4-9-16(23)13-5-7-14(8-6-13)26-19(21)22/h4-11,19H,3H2,1-2H3/b9-4+. The summed E-state index contributed by atoms with van der Waals surface area (Å²) in [6, 6.07) is 8.79. The molecule has 2 rings (SSSR count). The Morgan fingerprint density at radius 3 is 2.50 bits per heavy atom. The number of methoxy groups -OCH3 is 1. The van der Waals surface area contributed by atoms with Crippen LogP contribution in [-0.2, 0) is 0 Å². The molecule has 0 bridgehead atoms. The van der Waals surface area contributed by atoms with E-state index in [0.717, 1.165) is 0 Å². The summed E-state index contributed by atoms with van der Waals surface area (Å²) in [6.07, 6.45) is 2.93. The molecule has 0 saturated heterocycles. The molecule has 2 aromatic carbocycles. The highest BCUT2D eigenvalue weighted by Crippen LogP contribution is 2.36. The largest absolute Gasteiger partial charge is 0.493 e. The van der Waals surface area contributed by atoms with E-state index >= 15 is 0 Å². The highest BCUT2D eigenvalue weighted by Gasteiger charge is 2.11. The van der Waals surface area contributed by atoms with E-state index in [1.807, 2.05) is 6.92 Å². The van der Waals surface area contributed by atoms with Gasteiger partial charge in [-0.3, -0.25) is 4.79 Å². The van der Waals surface area contributed by atoms with E-state index in [9.17, 15) is 13.6 Å². The second-order valence-electron chi connectivity index (χ2n) is 5.07. The monoisotopic (exact) mass is 382 g/mol. The maximum atomic E-state index is 12.2. The van der Waals surface area contributed by atoms with E-state index in [0.29, 0.717) is 34.3 Å². The van der Waals surface area contributed by atoms with Gasteiger partial charge in [0, 0.05) is 5.56 Å². The molecule has 0 heterocycles. The lowest BCUT2D eigenvalue weighted by Gasteiger charge is -2.11. The molecule has 0 amide bonds. The Labute approximate surface area is 154 Å². The summed E-state index contributed by atoms with van der Waals surface area (Å²) in [5.74, 6) is 0.593. The smallest absolute Gasteiger partial charge is 0.387 e. The van der Waals surface area contributed by atoms with E-state index in [1.54, 1.807) is 18.2 Å². The van der Waals surface area contributed by atoms with Gasteiger partial charge in [0.1, 0.15) is 5.75 Å². The molecule has 0 N–H and O–H groups in total. The van der Waals surface area contributed by atoms with Crippen LogP contribution >= 0.6 is 11.6 Å². The number of carbonyl (C=O) groups is 1. The van der Waals surface area contributed by atoms with Crippen molar-refractivity contribution in [2.45, 2.75) is 13.5 Å². The molecule has 0 unspecified atom stereocenters. The van der Waals surface area contributed by atoms with Gasteiger partial charge in [0.15, 0.2) is 17.3 Å². The first-order valence-electron chi connectivity index (χ1n) is 7.72. The summed E-state index contributed by atoms with van der Waals surface area (Å²) < 4.78 is 39.2. The third-order valence-corrected chi connectivity index (χ3v) is 3.61. The van der Waals surface area contributed by atoms with Crippen molar-refractivity contribution in [2.75, 3.05) is 13.7 Å². The molecule has 26 heavy (non-hydrogen) atoms. The SMILES string of the molecule is CCOc1c(Cl)cc(/C=C/C(=O)c2ccc(OC(F)F)cc2)cc1OC. The van der Waals surface area contributed by atoms with Crippen LogP contribution in [0, 0.1) is 0 Å². The third-order valence-electron chi connectivity index (χ3n) is 3.33. The number of rotatable bonds is 8. The molecule has 0 aliphatic carbocycles. The molecule has 0 radical (unpaired) electrons. The molecule has 0 aliphatic heterocycles. The van der Waals surface area contributed by atoms with Crippen LogP contribution in [0.4, 0.5) is 8.78 Å². The first-order valence-corrected chi connectivity index (χ1v) is 8.10. The summed E-state index contributed by atoms with van der Waals surface area (Å²) >= 11 is 6.18. The number of benzene rings is 2. The van der Waals surface area contributed by atoms with Crippen LogP contribution in [0.25, 0.3) is 6.08 Å². The van der Waals surface area contributed by atoms with E-state index in [4.69, 9.17) is 21.1 Å². The van der Waals surface area contributed by atoms with Crippen LogP contribution in [-0.4, -0.2) is 26.1 Å². The van der Waals surface area contributed by atoms with E-state index in [-0.39, 0.29) is 11.5 Å². The molecule has 0 atom stereocenters. The fourth-order valence-corrected chi connectivity index (χ4v) is 2.46. The van der Waals surface area contributed by atoms with Gasteiger partial charge in [-0.05, 0) is 55.0 Å². The number of allylic oxidation sites excluding steroid dienone is 1. The Bertz CT molecular complexity index is 789. The number of halogens is 3. The zero-order valence-electron chi connectivity index (χ0n) is 14.2. The summed E-state index contributed by atoms with van der Waals surface area (Å²) in [6.45, 7) is -0.634. The van der Waals surface area contributed by atoms with E-state index < -0.39 is 6.61 Å². The van der Waals surface area contributed by atoms with Gasteiger partial charge in [-0.15, -0.1) is 0 Å². The molecule has 138 valence electrons. The predicted octanol–water partition coefficient (Wildman–Crippen LogP) is 5.24. The number of carbonyl (C=O) groups excluding carboxylic acids is 1. The van der Waals surface area contributed by atoms with E-state index in [2.05, 4.69) is 4.74 Å². The van der Waals surface area contributed by atoms with Crippen molar-refractivity contribution in [3.05, 3.63) is 58.6 Å². The topological polar surface area (TPSA) is 44.8 Å². The van der Waals surface area contributed by atoms with Gasteiger partial charge in [-0.2, -0.15) is 8.78 Å². The number of hydrogen-bond acceptors (Lipinski definition) is 4. The van der Waals surface area contributed by atoms with Crippen LogP contribution in [0.15, 0.2) is 42.5 Å². The molecule has 0 saturated carbocycles. The molecular weight excluding hydrogens is 366 g/mol. The second kappa shape index (κ2) is 9.20.